The number of fused-ring (bicyclic) bond motifs is 2. The fourth-order valence-corrected chi connectivity index (χ4v) is 5.60. The van der Waals surface area contributed by atoms with Gasteiger partial charge >= 0.3 is 0 Å². The number of nitrogens with one attached hydrogen (secondary N) is 1. The SMILES string of the molecule is CON=C1[C@H]2CCC[C@@H]1[C@H](c1ccccc1Br)N[C@@H]2c1ccccc1Br. The summed E-state index contributed by atoms with van der Waals surface area (Å²) in [7, 11) is 1.66. The van der Waals surface area contributed by atoms with E-state index in [0.717, 1.165) is 21.8 Å². The molecule has 1 aliphatic heterocycles. The van der Waals surface area contributed by atoms with E-state index in [1.165, 1.54) is 23.3 Å². The van der Waals surface area contributed by atoms with Gasteiger partial charge in [-0.05, 0) is 36.1 Å². The molecule has 0 radical (unpaired) electrons. The molecule has 0 unspecified atom stereocenters. The number of rotatable bonds is 3. The van der Waals surface area contributed by atoms with E-state index < -0.39 is 0 Å². The summed E-state index contributed by atoms with van der Waals surface area (Å²) in [6.07, 6.45) is 3.50. The Morgan fingerprint density at radius 3 is 1.85 bits per heavy atom. The van der Waals surface area contributed by atoms with Crippen LogP contribution in [0.4, 0.5) is 0 Å². The van der Waals surface area contributed by atoms with Crippen molar-refractivity contribution in [3.05, 3.63) is 68.6 Å². The van der Waals surface area contributed by atoms with Crippen LogP contribution in [0.15, 0.2) is 62.6 Å². The Balaban J connectivity index is 1.82. The molecule has 1 aliphatic carbocycles. The Bertz CT molecular complexity index is 762. The third-order valence-corrected chi connectivity index (χ3v) is 7.08. The molecule has 0 spiro atoms. The van der Waals surface area contributed by atoms with Gasteiger partial charge < -0.3 is 10.2 Å². The van der Waals surface area contributed by atoms with Gasteiger partial charge in [0.1, 0.15) is 7.11 Å². The molecule has 3 nitrogen and oxygen atoms in total. The van der Waals surface area contributed by atoms with Gasteiger partial charge in [0.05, 0.1) is 5.71 Å². The average molecular weight is 478 g/mol. The number of nitrogens with zero attached hydrogens (tertiary/aromatic N) is 1. The minimum Gasteiger partial charge on any atom is -0.399 e. The van der Waals surface area contributed by atoms with Gasteiger partial charge in [-0.1, -0.05) is 79.8 Å². The summed E-state index contributed by atoms with van der Waals surface area (Å²) < 4.78 is 2.29. The molecule has 1 heterocycles. The van der Waals surface area contributed by atoms with E-state index in [-0.39, 0.29) is 12.1 Å². The van der Waals surface area contributed by atoms with Crippen LogP contribution < -0.4 is 5.32 Å². The number of hydrogen-bond acceptors (Lipinski definition) is 3. The van der Waals surface area contributed by atoms with Crippen LogP contribution in [-0.2, 0) is 4.84 Å². The van der Waals surface area contributed by atoms with Crippen LogP contribution in [0.2, 0.25) is 0 Å². The molecule has 4 atom stereocenters. The van der Waals surface area contributed by atoms with Gasteiger partial charge in [-0.3, -0.25) is 0 Å². The summed E-state index contributed by atoms with van der Waals surface area (Å²) in [5.74, 6) is 0.734. The summed E-state index contributed by atoms with van der Waals surface area (Å²) in [5.41, 5.74) is 3.79. The summed E-state index contributed by atoms with van der Waals surface area (Å²) in [5, 5.41) is 8.49. The summed E-state index contributed by atoms with van der Waals surface area (Å²) in [4.78, 5) is 5.28. The molecule has 5 heteroatoms. The maximum atomic E-state index is 5.28. The van der Waals surface area contributed by atoms with Crippen LogP contribution in [0.25, 0.3) is 0 Å². The van der Waals surface area contributed by atoms with Gasteiger partial charge in [0.15, 0.2) is 0 Å². The van der Waals surface area contributed by atoms with E-state index in [0.29, 0.717) is 11.8 Å². The van der Waals surface area contributed by atoms with Crippen molar-refractivity contribution < 1.29 is 4.84 Å². The topological polar surface area (TPSA) is 33.6 Å². The van der Waals surface area contributed by atoms with E-state index in [1.54, 1.807) is 7.11 Å². The molecule has 2 aromatic rings. The Morgan fingerprint density at radius 2 is 1.38 bits per heavy atom. The molecule has 136 valence electrons. The fraction of sp³-hybridized carbons (Fsp3) is 0.381. The summed E-state index contributed by atoms with van der Waals surface area (Å²) in [6.45, 7) is 0. The Labute approximate surface area is 171 Å². The highest BCUT2D eigenvalue weighted by molar-refractivity contribution is 9.10. The van der Waals surface area contributed by atoms with Crippen molar-refractivity contribution >= 4 is 37.6 Å². The van der Waals surface area contributed by atoms with Crippen LogP contribution in [-0.4, -0.2) is 12.8 Å². The van der Waals surface area contributed by atoms with Crippen LogP contribution in [0.5, 0.6) is 0 Å². The van der Waals surface area contributed by atoms with Crippen LogP contribution in [0.3, 0.4) is 0 Å². The van der Waals surface area contributed by atoms with Gasteiger partial charge in [0, 0.05) is 32.9 Å². The Morgan fingerprint density at radius 1 is 0.885 bits per heavy atom. The average Bonchev–Trinajstić information content (AvgIpc) is 2.64. The molecule has 2 bridgehead atoms. The van der Waals surface area contributed by atoms with Crippen LogP contribution in [0.1, 0.15) is 42.5 Å². The predicted molar refractivity (Wildman–Crippen MR) is 112 cm³/mol. The molecule has 0 aromatic heterocycles. The van der Waals surface area contributed by atoms with Gasteiger partial charge in [0.25, 0.3) is 0 Å². The first-order valence-electron chi connectivity index (χ1n) is 9.06. The molecule has 1 saturated carbocycles. The number of benzene rings is 2. The van der Waals surface area contributed by atoms with Gasteiger partial charge in [-0.15, -0.1) is 0 Å². The lowest BCUT2D eigenvalue weighted by atomic mass is 9.67. The second-order valence-electron chi connectivity index (χ2n) is 7.01. The van der Waals surface area contributed by atoms with E-state index in [1.807, 2.05) is 0 Å². The molecule has 2 aromatic carbocycles. The van der Waals surface area contributed by atoms with Crippen LogP contribution in [0, 0.1) is 11.8 Å². The van der Waals surface area contributed by atoms with Crippen LogP contribution >= 0.6 is 31.9 Å². The lowest BCUT2D eigenvalue weighted by Crippen LogP contribution is -2.50. The normalized spacial score (nSPS) is 29.6. The Kier molecular flexibility index (Phi) is 5.48. The zero-order chi connectivity index (χ0) is 18.1. The molecular weight excluding hydrogens is 456 g/mol. The molecule has 26 heavy (non-hydrogen) atoms. The Hall–Kier alpha value is -1.17. The highest BCUT2D eigenvalue weighted by atomic mass is 79.9. The van der Waals surface area contributed by atoms with E-state index in [4.69, 9.17) is 4.84 Å². The van der Waals surface area contributed by atoms with Crippen molar-refractivity contribution in [2.75, 3.05) is 7.11 Å². The predicted octanol–water partition coefficient (Wildman–Crippen LogP) is 6.02. The smallest absolute Gasteiger partial charge is 0.106 e. The van der Waals surface area contributed by atoms with E-state index in [2.05, 4.69) is 90.9 Å². The minimum atomic E-state index is 0.216. The molecule has 1 N–H and O–H groups in total. The van der Waals surface area contributed by atoms with Crippen molar-refractivity contribution in [3.63, 3.8) is 0 Å². The highest BCUT2D eigenvalue weighted by Gasteiger charge is 2.46. The third-order valence-electron chi connectivity index (χ3n) is 5.63. The first kappa shape index (κ1) is 18.2. The lowest BCUT2D eigenvalue weighted by molar-refractivity contribution is 0.180. The zero-order valence-corrected chi connectivity index (χ0v) is 17.8. The number of piperidine rings is 1. The van der Waals surface area contributed by atoms with E-state index >= 15 is 0 Å². The first-order chi connectivity index (χ1) is 12.7. The van der Waals surface area contributed by atoms with Crippen molar-refractivity contribution in [2.24, 2.45) is 17.0 Å². The third kappa shape index (κ3) is 3.25. The number of oxime groups is 1. The molecule has 0 amide bonds. The largest absolute Gasteiger partial charge is 0.399 e. The zero-order valence-electron chi connectivity index (χ0n) is 14.7. The maximum absolute atomic E-state index is 5.28. The quantitative estimate of drug-likeness (QED) is 0.548. The number of hydrogen-bond donors (Lipinski definition) is 1. The number of halogens is 2. The van der Waals surface area contributed by atoms with Crippen molar-refractivity contribution in [1.29, 1.82) is 0 Å². The fourth-order valence-electron chi connectivity index (χ4n) is 4.54. The first-order valence-corrected chi connectivity index (χ1v) is 10.6. The van der Waals surface area contributed by atoms with Gasteiger partial charge in [-0.2, -0.15) is 0 Å². The van der Waals surface area contributed by atoms with Crippen molar-refractivity contribution in [2.45, 2.75) is 31.3 Å². The highest BCUT2D eigenvalue weighted by Crippen LogP contribution is 2.48. The summed E-state index contributed by atoms with van der Waals surface area (Å²) >= 11 is 7.50. The lowest BCUT2D eigenvalue weighted by Gasteiger charge is -2.47. The van der Waals surface area contributed by atoms with E-state index in [9.17, 15) is 0 Å². The molecule has 1 saturated heterocycles. The van der Waals surface area contributed by atoms with Crippen molar-refractivity contribution in [1.82, 2.24) is 5.32 Å². The summed E-state index contributed by atoms with van der Waals surface area (Å²) in [6, 6.07) is 17.4. The monoisotopic (exact) mass is 476 g/mol. The molecular formula is C21H22Br2N2O. The second-order valence-corrected chi connectivity index (χ2v) is 8.72. The van der Waals surface area contributed by atoms with Gasteiger partial charge in [-0.25, -0.2) is 0 Å². The van der Waals surface area contributed by atoms with Crippen molar-refractivity contribution in [3.8, 4) is 0 Å². The molecule has 2 fully saturated rings. The molecule has 4 rings (SSSR count). The molecule has 2 aliphatic rings. The standard InChI is InChI=1S/C21H22Br2N2O/c1-26-25-21-15-9-6-10-16(21)20(14-8-3-5-12-18(14)23)24-19(15)13-7-2-4-11-17(13)22/h2-5,7-8,11-12,15-16,19-20,24H,6,9-10H2,1H3/t15-,16+,19+,20-. The maximum Gasteiger partial charge on any atom is 0.106 e. The van der Waals surface area contributed by atoms with Gasteiger partial charge in [0.2, 0.25) is 0 Å². The second kappa shape index (κ2) is 7.83. The minimum absolute atomic E-state index is 0.216.